The Hall–Kier alpha value is -0.940. The van der Waals surface area contributed by atoms with Gasteiger partial charge in [-0.25, -0.2) is 0 Å². The number of nitrogens with one attached hydrogen (secondary N) is 1. The van der Waals surface area contributed by atoms with Crippen LogP contribution in [0, 0.1) is 6.92 Å². The molecule has 1 aliphatic rings. The van der Waals surface area contributed by atoms with Crippen molar-refractivity contribution in [3.63, 3.8) is 0 Å². The Labute approximate surface area is 109 Å². The molecule has 0 spiro atoms. The summed E-state index contributed by atoms with van der Waals surface area (Å²) in [5.74, 6) is 1.48. The van der Waals surface area contributed by atoms with Crippen molar-refractivity contribution in [1.82, 2.24) is 20.4 Å². The summed E-state index contributed by atoms with van der Waals surface area (Å²) in [6.07, 6.45) is 3.41. The molecular formula is C13H24N4O. The van der Waals surface area contributed by atoms with E-state index in [0.29, 0.717) is 12.1 Å². The van der Waals surface area contributed by atoms with Crippen LogP contribution in [0.3, 0.4) is 0 Å². The third-order valence-corrected chi connectivity index (χ3v) is 3.29. The molecule has 102 valence electrons. The van der Waals surface area contributed by atoms with Crippen molar-refractivity contribution in [3.05, 3.63) is 11.7 Å². The second kappa shape index (κ2) is 6.29. The van der Waals surface area contributed by atoms with Crippen LogP contribution < -0.4 is 5.32 Å². The quantitative estimate of drug-likeness (QED) is 0.858. The Bertz CT molecular complexity index is 364. The van der Waals surface area contributed by atoms with Crippen LogP contribution in [0.5, 0.6) is 0 Å². The zero-order chi connectivity index (χ0) is 13.0. The fraction of sp³-hybridized carbons (Fsp3) is 0.846. The third-order valence-electron chi connectivity index (χ3n) is 3.29. The standard InChI is InChI=1S/C13H24N4O/c1-10(2)14-12-5-4-7-17(9-12)8-6-13-15-11(3)16-18-13/h10,12,14H,4-9H2,1-3H3. The molecule has 0 bridgehead atoms. The minimum Gasteiger partial charge on any atom is -0.339 e. The summed E-state index contributed by atoms with van der Waals surface area (Å²) in [6.45, 7) is 9.60. The Morgan fingerprint density at radius 1 is 1.50 bits per heavy atom. The molecule has 0 aliphatic carbocycles. The molecule has 0 amide bonds. The molecule has 0 saturated carbocycles. The molecule has 1 aromatic rings. The molecule has 2 heterocycles. The number of hydrogen-bond donors (Lipinski definition) is 1. The molecule has 1 unspecified atom stereocenters. The topological polar surface area (TPSA) is 54.2 Å². The van der Waals surface area contributed by atoms with E-state index < -0.39 is 0 Å². The summed E-state index contributed by atoms with van der Waals surface area (Å²) in [5.41, 5.74) is 0. The largest absolute Gasteiger partial charge is 0.339 e. The Morgan fingerprint density at radius 3 is 3.00 bits per heavy atom. The molecule has 2 rings (SSSR count). The summed E-state index contributed by atoms with van der Waals surface area (Å²) in [4.78, 5) is 6.73. The van der Waals surface area contributed by atoms with Gasteiger partial charge in [0.05, 0.1) is 0 Å². The fourth-order valence-corrected chi connectivity index (χ4v) is 2.56. The lowest BCUT2D eigenvalue weighted by Crippen LogP contribution is -2.48. The first-order valence-corrected chi connectivity index (χ1v) is 6.91. The summed E-state index contributed by atoms with van der Waals surface area (Å²) in [6, 6.07) is 1.19. The number of hydrogen-bond acceptors (Lipinski definition) is 5. The van der Waals surface area contributed by atoms with E-state index in [1.54, 1.807) is 0 Å². The molecule has 18 heavy (non-hydrogen) atoms. The van der Waals surface area contributed by atoms with E-state index in [1.807, 2.05) is 6.92 Å². The lowest BCUT2D eigenvalue weighted by atomic mass is 10.0. The van der Waals surface area contributed by atoms with Crippen molar-refractivity contribution in [3.8, 4) is 0 Å². The van der Waals surface area contributed by atoms with Crippen LogP contribution in [-0.2, 0) is 6.42 Å². The average Bonchev–Trinajstić information content (AvgIpc) is 2.72. The Kier molecular flexibility index (Phi) is 4.72. The Balaban J connectivity index is 1.75. The van der Waals surface area contributed by atoms with Gasteiger partial charge in [-0.15, -0.1) is 0 Å². The van der Waals surface area contributed by atoms with E-state index in [2.05, 4.69) is 34.2 Å². The monoisotopic (exact) mass is 252 g/mol. The van der Waals surface area contributed by atoms with Crippen LogP contribution in [0.4, 0.5) is 0 Å². The number of nitrogens with zero attached hydrogens (tertiary/aromatic N) is 3. The van der Waals surface area contributed by atoms with Crippen LogP contribution in [-0.4, -0.2) is 46.8 Å². The summed E-state index contributed by atoms with van der Waals surface area (Å²) < 4.78 is 5.14. The van der Waals surface area contributed by atoms with Gasteiger partial charge in [0.25, 0.3) is 0 Å². The normalized spacial score (nSPS) is 21.7. The van der Waals surface area contributed by atoms with Gasteiger partial charge in [-0.3, -0.25) is 0 Å². The van der Waals surface area contributed by atoms with E-state index in [4.69, 9.17) is 4.52 Å². The number of aryl methyl sites for hydroxylation is 1. The van der Waals surface area contributed by atoms with Gasteiger partial charge >= 0.3 is 0 Å². The summed E-state index contributed by atoms with van der Waals surface area (Å²) in [5, 5.41) is 7.44. The first-order chi connectivity index (χ1) is 8.63. The van der Waals surface area contributed by atoms with Gasteiger partial charge in [0.2, 0.25) is 5.89 Å². The lowest BCUT2D eigenvalue weighted by molar-refractivity contribution is 0.182. The minimum absolute atomic E-state index is 0.563. The van der Waals surface area contributed by atoms with Gasteiger partial charge in [-0.05, 0) is 26.3 Å². The maximum absolute atomic E-state index is 5.14. The maximum atomic E-state index is 5.14. The highest BCUT2D eigenvalue weighted by Crippen LogP contribution is 2.11. The van der Waals surface area contributed by atoms with Crippen LogP contribution in [0.1, 0.15) is 38.4 Å². The first-order valence-electron chi connectivity index (χ1n) is 6.91. The average molecular weight is 252 g/mol. The maximum Gasteiger partial charge on any atom is 0.227 e. The zero-order valence-electron chi connectivity index (χ0n) is 11.6. The molecular weight excluding hydrogens is 228 g/mol. The molecule has 1 aliphatic heterocycles. The number of aromatic nitrogens is 2. The molecule has 1 saturated heterocycles. The van der Waals surface area contributed by atoms with Gasteiger partial charge in [-0.1, -0.05) is 19.0 Å². The molecule has 1 fully saturated rings. The Morgan fingerprint density at radius 2 is 2.33 bits per heavy atom. The van der Waals surface area contributed by atoms with E-state index >= 15 is 0 Å². The van der Waals surface area contributed by atoms with Crippen molar-refractivity contribution in [2.75, 3.05) is 19.6 Å². The van der Waals surface area contributed by atoms with Crippen molar-refractivity contribution < 1.29 is 4.52 Å². The highest BCUT2D eigenvalue weighted by atomic mass is 16.5. The van der Waals surface area contributed by atoms with E-state index in [1.165, 1.54) is 19.4 Å². The molecule has 5 nitrogen and oxygen atoms in total. The summed E-state index contributed by atoms with van der Waals surface area (Å²) >= 11 is 0. The van der Waals surface area contributed by atoms with Crippen molar-refractivity contribution >= 4 is 0 Å². The van der Waals surface area contributed by atoms with Gasteiger partial charge in [-0.2, -0.15) is 4.98 Å². The van der Waals surface area contributed by atoms with Crippen LogP contribution >= 0.6 is 0 Å². The van der Waals surface area contributed by atoms with E-state index in [-0.39, 0.29) is 0 Å². The molecule has 1 N–H and O–H groups in total. The number of likely N-dealkylation sites (tertiary alicyclic amines) is 1. The molecule has 1 atom stereocenters. The van der Waals surface area contributed by atoms with Gasteiger partial charge < -0.3 is 14.7 Å². The lowest BCUT2D eigenvalue weighted by Gasteiger charge is -2.34. The third kappa shape index (κ3) is 4.07. The summed E-state index contributed by atoms with van der Waals surface area (Å²) in [7, 11) is 0. The van der Waals surface area contributed by atoms with Gasteiger partial charge in [0, 0.05) is 31.6 Å². The van der Waals surface area contributed by atoms with Crippen molar-refractivity contribution in [1.29, 1.82) is 0 Å². The molecule has 1 aromatic heterocycles. The second-order valence-electron chi connectivity index (χ2n) is 5.45. The number of piperidine rings is 1. The predicted molar refractivity (Wildman–Crippen MR) is 70.5 cm³/mol. The first kappa shape index (κ1) is 13.5. The SMILES string of the molecule is Cc1noc(CCN2CCCC(NC(C)C)C2)n1. The van der Waals surface area contributed by atoms with Crippen LogP contribution in [0.2, 0.25) is 0 Å². The second-order valence-corrected chi connectivity index (χ2v) is 5.45. The highest BCUT2D eigenvalue weighted by molar-refractivity contribution is 4.85. The van der Waals surface area contributed by atoms with Gasteiger partial charge in [0.1, 0.15) is 0 Å². The minimum atomic E-state index is 0.563. The highest BCUT2D eigenvalue weighted by Gasteiger charge is 2.20. The number of rotatable bonds is 5. The molecule has 0 radical (unpaired) electrons. The smallest absolute Gasteiger partial charge is 0.227 e. The fourth-order valence-electron chi connectivity index (χ4n) is 2.56. The van der Waals surface area contributed by atoms with E-state index in [9.17, 15) is 0 Å². The van der Waals surface area contributed by atoms with Crippen molar-refractivity contribution in [2.24, 2.45) is 0 Å². The van der Waals surface area contributed by atoms with Gasteiger partial charge in [0.15, 0.2) is 5.82 Å². The molecule has 0 aromatic carbocycles. The van der Waals surface area contributed by atoms with Crippen molar-refractivity contribution in [2.45, 2.75) is 52.1 Å². The predicted octanol–water partition coefficient (Wildman–Crippen LogP) is 1.38. The van der Waals surface area contributed by atoms with E-state index in [0.717, 1.165) is 31.2 Å². The molecule has 5 heteroatoms. The van der Waals surface area contributed by atoms with Crippen LogP contribution in [0.25, 0.3) is 0 Å². The van der Waals surface area contributed by atoms with Crippen LogP contribution in [0.15, 0.2) is 4.52 Å². The zero-order valence-corrected chi connectivity index (χ0v) is 11.6.